The first-order valence-corrected chi connectivity index (χ1v) is 7.95. The Bertz CT molecular complexity index is 854. The van der Waals surface area contributed by atoms with E-state index in [0.717, 1.165) is 10.5 Å². The minimum atomic E-state index is -0.649. The molecule has 0 aliphatic carbocycles. The second-order valence-electron chi connectivity index (χ2n) is 5.81. The van der Waals surface area contributed by atoms with Crippen LogP contribution >= 0.6 is 0 Å². The number of nitrogens with one attached hydrogen (secondary N) is 1. The molecule has 0 bridgehead atoms. The average Bonchev–Trinajstić information content (AvgIpc) is 2.87. The highest BCUT2D eigenvalue weighted by molar-refractivity contribution is 6.22. The number of imide groups is 1. The molecule has 3 rings (SSSR count). The third-order valence-corrected chi connectivity index (χ3v) is 3.86. The Balaban J connectivity index is 1.52. The lowest BCUT2D eigenvalue weighted by molar-refractivity contribution is -0.135. The van der Waals surface area contributed by atoms with E-state index in [-0.39, 0.29) is 17.7 Å². The van der Waals surface area contributed by atoms with Crippen molar-refractivity contribution in [2.45, 2.75) is 6.92 Å². The molecule has 0 radical (unpaired) electrons. The Morgan fingerprint density at radius 2 is 1.54 bits per heavy atom. The van der Waals surface area contributed by atoms with Crippen LogP contribution in [0.1, 0.15) is 26.3 Å². The number of fused-ring (bicyclic) bond motifs is 1. The number of benzene rings is 2. The molecule has 132 valence electrons. The Hall–Kier alpha value is -3.48. The third kappa shape index (κ3) is 3.61. The first-order chi connectivity index (χ1) is 12.5. The van der Waals surface area contributed by atoms with Crippen LogP contribution < -0.4 is 10.1 Å². The summed E-state index contributed by atoms with van der Waals surface area (Å²) in [6.07, 6.45) is 0. The van der Waals surface area contributed by atoms with Gasteiger partial charge in [-0.15, -0.1) is 0 Å². The monoisotopic (exact) mass is 352 g/mol. The molecule has 0 saturated heterocycles. The van der Waals surface area contributed by atoms with Crippen LogP contribution in [-0.2, 0) is 9.59 Å². The fourth-order valence-corrected chi connectivity index (χ4v) is 2.53. The van der Waals surface area contributed by atoms with Gasteiger partial charge in [0, 0.05) is 0 Å². The molecule has 26 heavy (non-hydrogen) atoms. The second kappa shape index (κ2) is 7.18. The van der Waals surface area contributed by atoms with Crippen LogP contribution in [0.15, 0.2) is 48.5 Å². The van der Waals surface area contributed by atoms with E-state index in [1.165, 1.54) is 12.1 Å². The number of hydrogen-bond acceptors (Lipinski definition) is 5. The fourth-order valence-electron chi connectivity index (χ4n) is 2.53. The van der Waals surface area contributed by atoms with Gasteiger partial charge in [-0.3, -0.25) is 19.3 Å². The molecular weight excluding hydrogens is 336 g/mol. The maximum atomic E-state index is 12.2. The summed E-state index contributed by atoms with van der Waals surface area (Å²) in [6, 6.07) is 13.2. The Labute approximate surface area is 149 Å². The molecule has 2 aromatic carbocycles. The van der Waals surface area contributed by atoms with Crippen LogP contribution in [0.5, 0.6) is 5.75 Å². The van der Waals surface area contributed by atoms with Gasteiger partial charge >= 0.3 is 5.97 Å². The molecule has 2 aromatic rings. The van der Waals surface area contributed by atoms with Crippen molar-refractivity contribution in [2.75, 3.05) is 13.1 Å². The predicted octanol–water partition coefficient (Wildman–Crippen LogP) is 1.31. The summed E-state index contributed by atoms with van der Waals surface area (Å²) in [5.74, 6) is -1.95. The number of ether oxygens (including phenoxy) is 1. The van der Waals surface area contributed by atoms with Gasteiger partial charge in [0.25, 0.3) is 11.8 Å². The lowest BCUT2D eigenvalue weighted by Gasteiger charge is -2.13. The molecule has 7 nitrogen and oxygen atoms in total. The minimum absolute atomic E-state index is 0.268. The van der Waals surface area contributed by atoms with E-state index in [1.807, 2.05) is 6.92 Å². The van der Waals surface area contributed by atoms with E-state index in [9.17, 15) is 19.2 Å². The van der Waals surface area contributed by atoms with Gasteiger partial charge < -0.3 is 10.1 Å². The number of nitrogens with zero attached hydrogens (tertiary/aromatic N) is 1. The number of aryl methyl sites for hydroxylation is 1. The second-order valence-corrected chi connectivity index (χ2v) is 5.81. The molecular formula is C19H16N2O5. The van der Waals surface area contributed by atoms with Crippen molar-refractivity contribution >= 4 is 23.7 Å². The van der Waals surface area contributed by atoms with Gasteiger partial charge in [0.05, 0.1) is 11.1 Å². The number of amides is 3. The van der Waals surface area contributed by atoms with Gasteiger partial charge in [-0.25, -0.2) is 4.79 Å². The quantitative estimate of drug-likeness (QED) is 0.498. The molecule has 0 aromatic heterocycles. The van der Waals surface area contributed by atoms with Gasteiger partial charge in [-0.05, 0) is 31.2 Å². The molecule has 3 amide bonds. The van der Waals surface area contributed by atoms with Crippen molar-refractivity contribution in [3.63, 3.8) is 0 Å². The molecule has 1 aliphatic heterocycles. The highest BCUT2D eigenvalue weighted by Crippen LogP contribution is 2.21. The topological polar surface area (TPSA) is 92.8 Å². The van der Waals surface area contributed by atoms with Crippen LogP contribution in [0.3, 0.4) is 0 Å². The van der Waals surface area contributed by atoms with Gasteiger partial charge in [0.15, 0.2) is 0 Å². The van der Waals surface area contributed by atoms with E-state index < -0.39 is 30.2 Å². The molecule has 1 aliphatic rings. The van der Waals surface area contributed by atoms with E-state index in [0.29, 0.717) is 5.75 Å². The molecule has 0 atom stereocenters. The zero-order valence-electron chi connectivity index (χ0n) is 14.0. The SMILES string of the molecule is Cc1ccc(OC(=O)CNC(=O)CN2C(=O)c3ccccc3C2=O)cc1. The van der Waals surface area contributed by atoms with Gasteiger partial charge in [0.2, 0.25) is 5.91 Å². The number of hydrogen-bond donors (Lipinski definition) is 1. The number of carbonyl (C=O) groups is 4. The molecule has 0 spiro atoms. The largest absolute Gasteiger partial charge is 0.425 e. The van der Waals surface area contributed by atoms with E-state index in [1.54, 1.807) is 36.4 Å². The summed E-state index contributed by atoms with van der Waals surface area (Å²) in [4.78, 5) is 49.0. The van der Waals surface area contributed by atoms with Crippen molar-refractivity contribution in [3.8, 4) is 5.75 Å². The normalized spacial score (nSPS) is 12.7. The summed E-state index contributed by atoms with van der Waals surface area (Å²) >= 11 is 0. The average molecular weight is 352 g/mol. The molecule has 1 N–H and O–H groups in total. The summed E-state index contributed by atoms with van der Waals surface area (Å²) < 4.78 is 5.08. The van der Waals surface area contributed by atoms with Crippen LogP contribution in [0.25, 0.3) is 0 Å². The molecule has 1 heterocycles. The first kappa shape index (κ1) is 17.3. The summed E-state index contributed by atoms with van der Waals surface area (Å²) in [5.41, 5.74) is 1.56. The maximum Gasteiger partial charge on any atom is 0.330 e. The van der Waals surface area contributed by atoms with Crippen molar-refractivity contribution in [1.82, 2.24) is 10.2 Å². The number of carbonyl (C=O) groups excluding carboxylic acids is 4. The van der Waals surface area contributed by atoms with Crippen molar-refractivity contribution < 1.29 is 23.9 Å². The van der Waals surface area contributed by atoms with Crippen molar-refractivity contribution in [2.24, 2.45) is 0 Å². The minimum Gasteiger partial charge on any atom is -0.425 e. The van der Waals surface area contributed by atoms with E-state index in [2.05, 4.69) is 5.32 Å². The first-order valence-electron chi connectivity index (χ1n) is 7.95. The third-order valence-electron chi connectivity index (χ3n) is 3.86. The van der Waals surface area contributed by atoms with Crippen LogP contribution in [0, 0.1) is 6.92 Å². The maximum absolute atomic E-state index is 12.2. The van der Waals surface area contributed by atoms with Gasteiger partial charge in [-0.1, -0.05) is 29.8 Å². The predicted molar refractivity (Wildman–Crippen MR) is 91.6 cm³/mol. The standard InChI is InChI=1S/C19H16N2O5/c1-12-6-8-13(9-7-12)26-17(23)10-20-16(22)11-21-18(24)14-4-2-3-5-15(14)19(21)25/h2-9H,10-11H2,1H3,(H,20,22). The smallest absolute Gasteiger partial charge is 0.330 e. The Morgan fingerprint density at radius 1 is 0.962 bits per heavy atom. The van der Waals surface area contributed by atoms with Crippen LogP contribution in [-0.4, -0.2) is 41.7 Å². The van der Waals surface area contributed by atoms with Crippen LogP contribution in [0.4, 0.5) is 0 Å². The van der Waals surface area contributed by atoms with Crippen molar-refractivity contribution in [3.05, 3.63) is 65.2 Å². The lowest BCUT2D eigenvalue weighted by atomic mass is 10.1. The fraction of sp³-hybridized carbons (Fsp3) is 0.158. The number of rotatable bonds is 5. The molecule has 0 saturated carbocycles. The summed E-state index contributed by atoms with van der Waals surface area (Å²) in [6.45, 7) is 1.09. The van der Waals surface area contributed by atoms with Gasteiger partial charge in [-0.2, -0.15) is 0 Å². The van der Waals surface area contributed by atoms with Crippen molar-refractivity contribution in [1.29, 1.82) is 0 Å². The zero-order valence-corrected chi connectivity index (χ0v) is 14.0. The highest BCUT2D eigenvalue weighted by Gasteiger charge is 2.36. The van der Waals surface area contributed by atoms with E-state index >= 15 is 0 Å². The number of esters is 1. The molecule has 0 unspecified atom stereocenters. The molecule has 7 heteroatoms. The summed E-state index contributed by atoms with van der Waals surface area (Å²) in [5, 5.41) is 2.35. The van der Waals surface area contributed by atoms with E-state index in [4.69, 9.17) is 4.74 Å². The Morgan fingerprint density at radius 3 is 2.12 bits per heavy atom. The zero-order chi connectivity index (χ0) is 18.7. The van der Waals surface area contributed by atoms with Gasteiger partial charge in [0.1, 0.15) is 18.8 Å². The highest BCUT2D eigenvalue weighted by atomic mass is 16.5. The lowest BCUT2D eigenvalue weighted by Crippen LogP contribution is -2.42. The molecule has 0 fully saturated rings. The van der Waals surface area contributed by atoms with Crippen LogP contribution in [0.2, 0.25) is 0 Å². The Kier molecular flexibility index (Phi) is 4.79. The summed E-state index contributed by atoms with van der Waals surface area (Å²) in [7, 11) is 0.